The maximum atomic E-state index is 5.59. The van der Waals surface area contributed by atoms with Crippen LogP contribution in [0.1, 0.15) is 74.9 Å². The molecule has 1 aliphatic heterocycles. The third-order valence-corrected chi connectivity index (χ3v) is 5.51. The molecular formula is C15H23N3O. The topological polar surface area (TPSA) is 51.0 Å². The van der Waals surface area contributed by atoms with Crippen molar-refractivity contribution < 1.29 is 4.52 Å². The van der Waals surface area contributed by atoms with Crippen LogP contribution in [0.25, 0.3) is 0 Å². The largest absolute Gasteiger partial charge is 0.339 e. The Morgan fingerprint density at radius 2 is 1.89 bits per heavy atom. The predicted octanol–water partition coefficient (Wildman–Crippen LogP) is 2.97. The molecule has 0 amide bonds. The first kappa shape index (κ1) is 11.9. The van der Waals surface area contributed by atoms with Crippen molar-refractivity contribution in [3.05, 3.63) is 11.7 Å². The van der Waals surface area contributed by atoms with E-state index < -0.39 is 0 Å². The van der Waals surface area contributed by atoms with E-state index in [0.29, 0.717) is 17.3 Å². The van der Waals surface area contributed by atoms with Crippen molar-refractivity contribution in [1.82, 2.24) is 15.5 Å². The molecule has 0 aromatic carbocycles. The molecule has 3 fully saturated rings. The Bertz CT molecular complexity index is 444. The highest BCUT2D eigenvalue weighted by atomic mass is 16.5. The fourth-order valence-electron chi connectivity index (χ4n) is 4.09. The summed E-state index contributed by atoms with van der Waals surface area (Å²) in [6.45, 7) is 2.31. The molecule has 0 radical (unpaired) electrons. The molecule has 3 aliphatic rings. The second kappa shape index (κ2) is 4.58. The van der Waals surface area contributed by atoms with Gasteiger partial charge in [-0.15, -0.1) is 0 Å². The number of rotatable bonds is 2. The van der Waals surface area contributed by atoms with E-state index >= 15 is 0 Å². The van der Waals surface area contributed by atoms with Crippen LogP contribution in [0.5, 0.6) is 0 Å². The van der Waals surface area contributed by atoms with Crippen LogP contribution in [-0.4, -0.2) is 23.2 Å². The van der Waals surface area contributed by atoms with Gasteiger partial charge in [-0.05, 0) is 50.6 Å². The lowest BCUT2D eigenvalue weighted by atomic mass is 9.89. The molecule has 1 unspecified atom stereocenters. The zero-order valence-corrected chi connectivity index (χ0v) is 11.5. The van der Waals surface area contributed by atoms with E-state index in [4.69, 9.17) is 9.51 Å². The summed E-state index contributed by atoms with van der Waals surface area (Å²) in [5.74, 6) is 3.04. The van der Waals surface area contributed by atoms with Crippen LogP contribution in [0, 0.1) is 5.41 Å². The summed E-state index contributed by atoms with van der Waals surface area (Å²) in [6, 6.07) is 0. The van der Waals surface area contributed by atoms with Gasteiger partial charge in [0.2, 0.25) is 5.89 Å². The Morgan fingerprint density at radius 3 is 2.68 bits per heavy atom. The van der Waals surface area contributed by atoms with Gasteiger partial charge < -0.3 is 9.84 Å². The average molecular weight is 261 g/mol. The van der Waals surface area contributed by atoms with Gasteiger partial charge in [0.05, 0.1) is 0 Å². The normalized spacial score (nSPS) is 30.6. The number of nitrogens with one attached hydrogen (secondary N) is 1. The SMILES string of the molecule is C1CCC(c2noc(C3CC34CCNCC4)n2)CC1. The first-order chi connectivity index (χ1) is 9.37. The molecule has 1 aromatic heterocycles. The molecule has 1 spiro atoms. The van der Waals surface area contributed by atoms with Crippen LogP contribution in [0.4, 0.5) is 0 Å². The molecule has 2 aliphatic carbocycles. The summed E-state index contributed by atoms with van der Waals surface area (Å²) in [6.07, 6.45) is 10.3. The minimum absolute atomic E-state index is 0.502. The number of hydrogen-bond acceptors (Lipinski definition) is 4. The van der Waals surface area contributed by atoms with Gasteiger partial charge in [0.25, 0.3) is 0 Å². The fraction of sp³-hybridized carbons (Fsp3) is 0.867. The minimum atomic E-state index is 0.502. The van der Waals surface area contributed by atoms with Crippen LogP contribution in [0.15, 0.2) is 4.52 Å². The maximum Gasteiger partial charge on any atom is 0.230 e. The van der Waals surface area contributed by atoms with Gasteiger partial charge in [0, 0.05) is 11.8 Å². The highest BCUT2D eigenvalue weighted by Crippen LogP contribution is 2.63. The lowest BCUT2D eigenvalue weighted by Gasteiger charge is -2.22. The molecule has 19 heavy (non-hydrogen) atoms. The van der Waals surface area contributed by atoms with E-state index in [0.717, 1.165) is 24.8 Å². The third kappa shape index (κ3) is 2.10. The standard InChI is InChI=1S/C15H23N3O/c1-2-4-11(5-3-1)13-17-14(19-18-13)12-10-15(12)6-8-16-9-7-15/h11-12,16H,1-10H2. The van der Waals surface area contributed by atoms with E-state index in [2.05, 4.69) is 10.5 Å². The average Bonchev–Trinajstić information content (AvgIpc) is 2.96. The van der Waals surface area contributed by atoms with Crippen molar-refractivity contribution in [2.24, 2.45) is 5.41 Å². The smallest absolute Gasteiger partial charge is 0.230 e. The molecule has 0 bridgehead atoms. The minimum Gasteiger partial charge on any atom is -0.339 e. The summed E-state index contributed by atoms with van der Waals surface area (Å²) in [4.78, 5) is 4.75. The molecule has 1 saturated heterocycles. The van der Waals surface area contributed by atoms with E-state index in [1.807, 2.05) is 0 Å². The Hall–Kier alpha value is -0.900. The van der Waals surface area contributed by atoms with Crippen molar-refractivity contribution >= 4 is 0 Å². The second-order valence-corrected chi connectivity index (χ2v) is 6.69. The first-order valence-electron chi connectivity index (χ1n) is 7.92. The van der Waals surface area contributed by atoms with E-state index in [9.17, 15) is 0 Å². The number of aromatic nitrogens is 2. The van der Waals surface area contributed by atoms with E-state index in [1.165, 1.54) is 51.4 Å². The zero-order valence-electron chi connectivity index (χ0n) is 11.5. The van der Waals surface area contributed by atoms with Crippen molar-refractivity contribution in [1.29, 1.82) is 0 Å². The summed E-state index contributed by atoms with van der Waals surface area (Å²) in [5.41, 5.74) is 0.502. The molecule has 2 saturated carbocycles. The molecule has 1 N–H and O–H groups in total. The van der Waals surface area contributed by atoms with Crippen LogP contribution in [0.2, 0.25) is 0 Å². The zero-order chi connectivity index (χ0) is 12.7. The van der Waals surface area contributed by atoms with Crippen LogP contribution >= 0.6 is 0 Å². The predicted molar refractivity (Wildman–Crippen MR) is 72.0 cm³/mol. The summed E-state index contributed by atoms with van der Waals surface area (Å²) >= 11 is 0. The Balaban J connectivity index is 1.47. The molecule has 1 atom stereocenters. The molecule has 4 heteroatoms. The lowest BCUT2D eigenvalue weighted by Crippen LogP contribution is -2.29. The molecule has 1 aromatic rings. The molecule has 4 rings (SSSR count). The Morgan fingerprint density at radius 1 is 1.11 bits per heavy atom. The van der Waals surface area contributed by atoms with Gasteiger partial charge in [0.1, 0.15) is 0 Å². The van der Waals surface area contributed by atoms with Crippen LogP contribution in [-0.2, 0) is 0 Å². The van der Waals surface area contributed by atoms with Crippen LogP contribution < -0.4 is 5.32 Å². The monoisotopic (exact) mass is 261 g/mol. The molecule has 4 nitrogen and oxygen atoms in total. The lowest BCUT2D eigenvalue weighted by molar-refractivity contribution is 0.308. The third-order valence-electron chi connectivity index (χ3n) is 5.51. The van der Waals surface area contributed by atoms with Gasteiger partial charge in [-0.25, -0.2) is 0 Å². The van der Waals surface area contributed by atoms with Gasteiger partial charge >= 0.3 is 0 Å². The highest BCUT2D eigenvalue weighted by Gasteiger charge is 2.57. The van der Waals surface area contributed by atoms with Crippen molar-refractivity contribution in [3.63, 3.8) is 0 Å². The van der Waals surface area contributed by atoms with Crippen molar-refractivity contribution in [2.75, 3.05) is 13.1 Å². The van der Waals surface area contributed by atoms with Gasteiger partial charge in [-0.3, -0.25) is 0 Å². The molecular weight excluding hydrogens is 238 g/mol. The van der Waals surface area contributed by atoms with E-state index in [1.54, 1.807) is 0 Å². The summed E-state index contributed by atoms with van der Waals surface area (Å²) in [5, 5.41) is 7.72. The number of nitrogens with zero attached hydrogens (tertiary/aromatic N) is 2. The fourth-order valence-corrected chi connectivity index (χ4v) is 4.09. The highest BCUT2D eigenvalue weighted by molar-refractivity contribution is 5.18. The number of piperidine rings is 1. The Kier molecular flexibility index (Phi) is 2.87. The van der Waals surface area contributed by atoms with Gasteiger partial charge in [0.15, 0.2) is 5.82 Å². The second-order valence-electron chi connectivity index (χ2n) is 6.69. The van der Waals surface area contributed by atoms with Crippen molar-refractivity contribution in [2.45, 2.75) is 63.2 Å². The van der Waals surface area contributed by atoms with Gasteiger partial charge in [-0.2, -0.15) is 4.98 Å². The number of hydrogen-bond donors (Lipinski definition) is 1. The Labute approximate surface area is 114 Å². The van der Waals surface area contributed by atoms with E-state index in [-0.39, 0.29) is 0 Å². The van der Waals surface area contributed by atoms with Crippen LogP contribution in [0.3, 0.4) is 0 Å². The van der Waals surface area contributed by atoms with Crippen molar-refractivity contribution in [3.8, 4) is 0 Å². The summed E-state index contributed by atoms with van der Waals surface area (Å²) in [7, 11) is 0. The maximum absolute atomic E-state index is 5.59. The molecule has 2 heterocycles. The quantitative estimate of drug-likeness (QED) is 0.889. The first-order valence-corrected chi connectivity index (χ1v) is 7.92. The summed E-state index contributed by atoms with van der Waals surface area (Å²) < 4.78 is 5.59. The van der Waals surface area contributed by atoms with Gasteiger partial charge in [-0.1, -0.05) is 24.4 Å². The molecule has 104 valence electrons.